The fraction of sp³-hybridized carbons (Fsp3) is 0.462. The SMILES string of the molecule is CCCNC(CS(C)(=O)=O)c1ccc2[nH]c(=O)[nH]c2c1. The van der Waals surface area contributed by atoms with Crippen molar-refractivity contribution in [3.8, 4) is 0 Å². The number of sulfone groups is 1. The molecular weight excluding hydrogens is 278 g/mol. The Balaban J connectivity index is 2.35. The van der Waals surface area contributed by atoms with Crippen LogP contribution in [0.2, 0.25) is 0 Å². The van der Waals surface area contributed by atoms with E-state index in [1.807, 2.05) is 19.1 Å². The Morgan fingerprint density at radius 2 is 1.95 bits per heavy atom. The zero-order valence-electron chi connectivity index (χ0n) is 11.6. The van der Waals surface area contributed by atoms with E-state index in [2.05, 4.69) is 15.3 Å². The molecule has 0 aliphatic heterocycles. The molecule has 110 valence electrons. The van der Waals surface area contributed by atoms with Crippen LogP contribution in [0.5, 0.6) is 0 Å². The summed E-state index contributed by atoms with van der Waals surface area (Å²) in [6.07, 6.45) is 2.15. The molecule has 0 saturated heterocycles. The minimum Gasteiger partial charge on any atom is -0.309 e. The number of benzene rings is 1. The minimum atomic E-state index is -3.09. The van der Waals surface area contributed by atoms with E-state index in [9.17, 15) is 13.2 Å². The van der Waals surface area contributed by atoms with Crippen LogP contribution in [-0.4, -0.2) is 36.9 Å². The Morgan fingerprint density at radius 3 is 2.60 bits per heavy atom. The standard InChI is InChI=1S/C13H19N3O3S/c1-3-6-14-12(8-20(2,18)19)9-4-5-10-11(7-9)16-13(17)15-10/h4-5,7,12,14H,3,6,8H2,1-2H3,(H2,15,16,17). The van der Waals surface area contributed by atoms with Crippen molar-refractivity contribution >= 4 is 20.9 Å². The molecule has 1 heterocycles. The average Bonchev–Trinajstić information content (AvgIpc) is 2.72. The average molecular weight is 297 g/mol. The van der Waals surface area contributed by atoms with Crippen LogP contribution < -0.4 is 11.0 Å². The molecule has 1 atom stereocenters. The van der Waals surface area contributed by atoms with Gasteiger partial charge in [-0.1, -0.05) is 13.0 Å². The topological polar surface area (TPSA) is 94.8 Å². The van der Waals surface area contributed by atoms with Gasteiger partial charge < -0.3 is 15.3 Å². The third-order valence-corrected chi connectivity index (χ3v) is 3.99. The molecule has 1 unspecified atom stereocenters. The Bertz CT molecular complexity index is 746. The highest BCUT2D eigenvalue weighted by atomic mass is 32.2. The van der Waals surface area contributed by atoms with E-state index in [1.165, 1.54) is 6.26 Å². The Kier molecular flexibility index (Phi) is 4.29. The van der Waals surface area contributed by atoms with Gasteiger partial charge in [-0.2, -0.15) is 0 Å². The first-order chi connectivity index (χ1) is 9.39. The van der Waals surface area contributed by atoms with Gasteiger partial charge in [-0.3, -0.25) is 0 Å². The summed E-state index contributed by atoms with van der Waals surface area (Å²) in [4.78, 5) is 16.6. The van der Waals surface area contributed by atoms with Crippen LogP contribution >= 0.6 is 0 Å². The van der Waals surface area contributed by atoms with Gasteiger partial charge in [0.05, 0.1) is 16.8 Å². The number of hydrogen-bond acceptors (Lipinski definition) is 4. The van der Waals surface area contributed by atoms with Gasteiger partial charge in [0.15, 0.2) is 0 Å². The van der Waals surface area contributed by atoms with E-state index in [0.29, 0.717) is 11.0 Å². The Hall–Kier alpha value is -1.60. The molecule has 2 aromatic rings. The summed E-state index contributed by atoms with van der Waals surface area (Å²) in [5.74, 6) is 0.0349. The lowest BCUT2D eigenvalue weighted by atomic mass is 10.1. The van der Waals surface area contributed by atoms with Gasteiger partial charge in [0.25, 0.3) is 0 Å². The molecule has 0 bridgehead atoms. The quantitative estimate of drug-likeness (QED) is 0.739. The summed E-state index contributed by atoms with van der Waals surface area (Å²) >= 11 is 0. The molecule has 7 heteroatoms. The lowest BCUT2D eigenvalue weighted by Crippen LogP contribution is -2.28. The smallest absolute Gasteiger partial charge is 0.309 e. The van der Waals surface area contributed by atoms with Crippen molar-refractivity contribution in [1.82, 2.24) is 15.3 Å². The molecule has 20 heavy (non-hydrogen) atoms. The summed E-state index contributed by atoms with van der Waals surface area (Å²) in [6, 6.07) is 5.16. The lowest BCUT2D eigenvalue weighted by Gasteiger charge is -2.18. The molecule has 6 nitrogen and oxygen atoms in total. The van der Waals surface area contributed by atoms with E-state index in [0.717, 1.165) is 18.5 Å². The fourth-order valence-corrected chi connectivity index (χ4v) is 3.08. The number of nitrogens with one attached hydrogen (secondary N) is 3. The summed E-state index contributed by atoms with van der Waals surface area (Å²) in [5.41, 5.74) is 1.99. The van der Waals surface area contributed by atoms with E-state index in [-0.39, 0.29) is 17.5 Å². The van der Waals surface area contributed by atoms with Crippen molar-refractivity contribution in [2.45, 2.75) is 19.4 Å². The molecule has 3 N–H and O–H groups in total. The van der Waals surface area contributed by atoms with Crippen molar-refractivity contribution < 1.29 is 8.42 Å². The van der Waals surface area contributed by atoms with E-state index in [4.69, 9.17) is 0 Å². The molecule has 0 aliphatic carbocycles. The molecule has 0 amide bonds. The molecule has 0 aliphatic rings. The van der Waals surface area contributed by atoms with Gasteiger partial charge >= 0.3 is 5.69 Å². The summed E-state index contributed by atoms with van der Waals surface area (Å²) in [7, 11) is -3.09. The second kappa shape index (κ2) is 5.80. The molecule has 1 aromatic heterocycles. The monoisotopic (exact) mass is 297 g/mol. The predicted octanol–water partition coefficient (Wildman–Crippen LogP) is 0.942. The number of H-pyrrole nitrogens is 2. The van der Waals surface area contributed by atoms with Crippen molar-refractivity contribution in [2.75, 3.05) is 18.6 Å². The van der Waals surface area contributed by atoms with E-state index in [1.54, 1.807) is 6.07 Å². The Morgan fingerprint density at radius 1 is 1.25 bits per heavy atom. The van der Waals surface area contributed by atoms with Crippen LogP contribution in [0, 0.1) is 0 Å². The highest BCUT2D eigenvalue weighted by Crippen LogP contribution is 2.19. The summed E-state index contributed by atoms with van der Waals surface area (Å²) in [5, 5.41) is 3.23. The fourth-order valence-electron chi connectivity index (χ4n) is 2.16. The van der Waals surface area contributed by atoms with Gasteiger partial charge in [0.2, 0.25) is 0 Å². The number of fused-ring (bicyclic) bond motifs is 1. The molecule has 0 radical (unpaired) electrons. The van der Waals surface area contributed by atoms with E-state index >= 15 is 0 Å². The maximum Gasteiger partial charge on any atom is 0.323 e. The number of aromatic nitrogens is 2. The minimum absolute atomic E-state index is 0.0349. The number of aromatic amines is 2. The van der Waals surface area contributed by atoms with Crippen LogP contribution in [0.4, 0.5) is 0 Å². The number of imidazole rings is 1. The number of rotatable bonds is 6. The van der Waals surface area contributed by atoms with Crippen LogP contribution in [0.3, 0.4) is 0 Å². The largest absolute Gasteiger partial charge is 0.323 e. The molecule has 0 spiro atoms. The zero-order valence-corrected chi connectivity index (χ0v) is 12.4. The summed E-state index contributed by atoms with van der Waals surface area (Å²) in [6.45, 7) is 2.76. The maximum absolute atomic E-state index is 11.5. The van der Waals surface area contributed by atoms with Gasteiger partial charge in [-0.25, -0.2) is 13.2 Å². The van der Waals surface area contributed by atoms with Crippen molar-refractivity contribution in [3.05, 3.63) is 34.2 Å². The highest BCUT2D eigenvalue weighted by molar-refractivity contribution is 7.90. The van der Waals surface area contributed by atoms with Crippen LogP contribution in [-0.2, 0) is 9.84 Å². The van der Waals surface area contributed by atoms with E-state index < -0.39 is 9.84 Å². The first-order valence-corrected chi connectivity index (χ1v) is 8.58. The van der Waals surface area contributed by atoms with Crippen molar-refractivity contribution in [2.24, 2.45) is 0 Å². The first-order valence-electron chi connectivity index (χ1n) is 6.52. The van der Waals surface area contributed by atoms with Crippen molar-refractivity contribution in [1.29, 1.82) is 0 Å². The van der Waals surface area contributed by atoms with Gasteiger partial charge in [0, 0.05) is 12.3 Å². The lowest BCUT2D eigenvalue weighted by molar-refractivity contribution is 0.549. The predicted molar refractivity (Wildman–Crippen MR) is 79.7 cm³/mol. The highest BCUT2D eigenvalue weighted by Gasteiger charge is 2.17. The molecule has 1 aromatic carbocycles. The Labute approximate surface area is 117 Å². The van der Waals surface area contributed by atoms with Crippen LogP contribution in [0.1, 0.15) is 24.9 Å². The van der Waals surface area contributed by atoms with Gasteiger partial charge in [-0.05, 0) is 30.7 Å². The van der Waals surface area contributed by atoms with Crippen LogP contribution in [0.25, 0.3) is 11.0 Å². The molecule has 0 fully saturated rings. The maximum atomic E-state index is 11.5. The van der Waals surface area contributed by atoms with Crippen LogP contribution in [0.15, 0.2) is 23.0 Å². The first kappa shape index (κ1) is 14.8. The third kappa shape index (κ3) is 3.71. The second-order valence-corrected chi connectivity index (χ2v) is 7.17. The third-order valence-electron chi connectivity index (χ3n) is 3.05. The summed E-state index contributed by atoms with van der Waals surface area (Å²) < 4.78 is 23.1. The molecular formula is C13H19N3O3S. The normalized spacial score (nSPS) is 13.7. The number of hydrogen-bond donors (Lipinski definition) is 3. The van der Waals surface area contributed by atoms with Crippen molar-refractivity contribution in [3.63, 3.8) is 0 Å². The molecule has 0 saturated carbocycles. The zero-order chi connectivity index (χ0) is 14.8. The molecule has 2 rings (SSSR count). The van der Waals surface area contributed by atoms with Gasteiger partial charge in [-0.15, -0.1) is 0 Å². The second-order valence-electron chi connectivity index (χ2n) is 4.98. The van der Waals surface area contributed by atoms with Gasteiger partial charge in [0.1, 0.15) is 9.84 Å².